The summed E-state index contributed by atoms with van der Waals surface area (Å²) in [6, 6.07) is 14.5. The van der Waals surface area contributed by atoms with Gasteiger partial charge in [0.05, 0.1) is 5.52 Å². The smallest absolute Gasteiger partial charge is 0.150 e. The average molecular weight is 366 g/mol. The summed E-state index contributed by atoms with van der Waals surface area (Å²) in [6.07, 6.45) is 1.76. The Morgan fingerprint density at radius 1 is 0.929 bits per heavy atom. The molecule has 2 aromatic heterocycles. The first-order valence-corrected chi connectivity index (χ1v) is 9.18. The second-order valence-corrected chi connectivity index (χ2v) is 7.28. The number of nitrogens with zero attached hydrogens (tertiary/aromatic N) is 3. The summed E-state index contributed by atoms with van der Waals surface area (Å²) in [7, 11) is 4.07. The standard InChI is InChI=1S/C24H22N4/c1-15-5-10-20-21-13-17(14-26-23(21)24(25)27-22(20)11-15)6-7-18-8-9-19(28(3)4)12-16(18)2/h5,8-14H,1-4H3,(H2,25,27). The Hall–Kier alpha value is -3.58. The van der Waals surface area contributed by atoms with Crippen molar-refractivity contribution in [2.45, 2.75) is 13.8 Å². The molecule has 4 aromatic rings. The van der Waals surface area contributed by atoms with Gasteiger partial charge in [0.2, 0.25) is 0 Å². The predicted octanol–water partition coefficient (Wildman–Crippen LogP) is 4.45. The van der Waals surface area contributed by atoms with Crippen LogP contribution in [-0.4, -0.2) is 24.1 Å². The number of anilines is 2. The van der Waals surface area contributed by atoms with Crippen molar-refractivity contribution in [3.63, 3.8) is 0 Å². The third-order valence-electron chi connectivity index (χ3n) is 4.88. The van der Waals surface area contributed by atoms with Crippen LogP contribution in [0, 0.1) is 25.7 Å². The zero-order chi connectivity index (χ0) is 19.8. The first kappa shape index (κ1) is 17.8. The van der Waals surface area contributed by atoms with Gasteiger partial charge in [-0.1, -0.05) is 24.0 Å². The first-order valence-electron chi connectivity index (χ1n) is 9.18. The number of aryl methyl sites for hydroxylation is 2. The summed E-state index contributed by atoms with van der Waals surface area (Å²) >= 11 is 0. The molecule has 4 rings (SSSR count). The molecule has 0 unspecified atom stereocenters. The number of pyridine rings is 2. The van der Waals surface area contributed by atoms with Gasteiger partial charge >= 0.3 is 0 Å². The van der Waals surface area contributed by atoms with E-state index >= 15 is 0 Å². The van der Waals surface area contributed by atoms with E-state index in [1.54, 1.807) is 6.20 Å². The van der Waals surface area contributed by atoms with Crippen molar-refractivity contribution >= 4 is 33.3 Å². The molecule has 0 fully saturated rings. The van der Waals surface area contributed by atoms with Gasteiger partial charge in [-0.3, -0.25) is 4.98 Å². The zero-order valence-electron chi connectivity index (χ0n) is 16.5. The number of rotatable bonds is 1. The predicted molar refractivity (Wildman–Crippen MR) is 118 cm³/mol. The van der Waals surface area contributed by atoms with E-state index < -0.39 is 0 Å². The Kier molecular flexibility index (Phi) is 4.37. The van der Waals surface area contributed by atoms with E-state index in [4.69, 9.17) is 5.73 Å². The van der Waals surface area contributed by atoms with E-state index in [0.717, 1.165) is 38.5 Å². The topological polar surface area (TPSA) is 55.0 Å². The maximum Gasteiger partial charge on any atom is 0.150 e. The maximum absolute atomic E-state index is 6.13. The highest BCUT2D eigenvalue weighted by molar-refractivity contribution is 6.08. The normalized spacial score (nSPS) is 10.7. The monoisotopic (exact) mass is 366 g/mol. The van der Waals surface area contributed by atoms with Crippen molar-refractivity contribution in [1.29, 1.82) is 0 Å². The maximum atomic E-state index is 6.13. The van der Waals surface area contributed by atoms with Crippen LogP contribution < -0.4 is 10.6 Å². The third kappa shape index (κ3) is 3.23. The van der Waals surface area contributed by atoms with Crippen LogP contribution in [0.5, 0.6) is 0 Å². The van der Waals surface area contributed by atoms with Gasteiger partial charge in [-0.2, -0.15) is 0 Å². The highest BCUT2D eigenvalue weighted by Crippen LogP contribution is 2.27. The van der Waals surface area contributed by atoms with Crippen molar-refractivity contribution in [1.82, 2.24) is 9.97 Å². The largest absolute Gasteiger partial charge is 0.382 e. The lowest BCUT2D eigenvalue weighted by molar-refractivity contribution is 1.13. The highest BCUT2D eigenvalue weighted by Gasteiger charge is 2.08. The van der Waals surface area contributed by atoms with Crippen LogP contribution in [0.4, 0.5) is 11.5 Å². The summed E-state index contributed by atoms with van der Waals surface area (Å²) < 4.78 is 0. The lowest BCUT2D eigenvalue weighted by Crippen LogP contribution is -2.08. The number of nitrogen functional groups attached to an aromatic ring is 1. The summed E-state index contributed by atoms with van der Waals surface area (Å²) in [5.41, 5.74) is 13.1. The highest BCUT2D eigenvalue weighted by atomic mass is 15.1. The van der Waals surface area contributed by atoms with E-state index in [-0.39, 0.29) is 0 Å². The number of benzene rings is 2. The van der Waals surface area contributed by atoms with Crippen LogP contribution in [0.25, 0.3) is 21.8 Å². The van der Waals surface area contributed by atoms with Gasteiger partial charge in [0.25, 0.3) is 0 Å². The quantitative estimate of drug-likeness (QED) is 0.399. The molecule has 2 aromatic carbocycles. The van der Waals surface area contributed by atoms with Crippen LogP contribution >= 0.6 is 0 Å². The summed E-state index contributed by atoms with van der Waals surface area (Å²) in [6.45, 7) is 4.13. The minimum Gasteiger partial charge on any atom is -0.382 e. The molecule has 0 bridgehead atoms. The molecule has 0 spiro atoms. The minimum atomic E-state index is 0.447. The van der Waals surface area contributed by atoms with Gasteiger partial charge in [-0.25, -0.2) is 4.98 Å². The molecule has 0 atom stereocenters. The molecule has 28 heavy (non-hydrogen) atoms. The number of nitrogens with two attached hydrogens (primary N) is 1. The fraction of sp³-hybridized carbons (Fsp3) is 0.167. The molecule has 0 saturated heterocycles. The van der Waals surface area contributed by atoms with Crippen molar-refractivity contribution in [3.8, 4) is 11.8 Å². The molecule has 0 saturated carbocycles. The number of hydrogen-bond donors (Lipinski definition) is 1. The van der Waals surface area contributed by atoms with Crippen LogP contribution in [0.15, 0.2) is 48.7 Å². The van der Waals surface area contributed by atoms with Crippen molar-refractivity contribution < 1.29 is 0 Å². The molecule has 4 nitrogen and oxygen atoms in total. The van der Waals surface area contributed by atoms with E-state index in [9.17, 15) is 0 Å². The first-order chi connectivity index (χ1) is 13.4. The molecule has 2 N–H and O–H groups in total. The number of fused-ring (bicyclic) bond motifs is 3. The minimum absolute atomic E-state index is 0.447. The van der Waals surface area contributed by atoms with Gasteiger partial charge in [-0.05, 0) is 55.3 Å². The second-order valence-electron chi connectivity index (χ2n) is 7.28. The molecular formula is C24H22N4. The summed E-state index contributed by atoms with van der Waals surface area (Å²) in [5, 5.41) is 2.02. The molecule has 0 aliphatic carbocycles. The Bertz CT molecular complexity index is 1280. The molecule has 2 heterocycles. The van der Waals surface area contributed by atoms with Crippen molar-refractivity contribution in [2.75, 3.05) is 24.7 Å². The molecular weight excluding hydrogens is 344 g/mol. The Balaban J connectivity index is 1.81. The van der Waals surface area contributed by atoms with Crippen LogP contribution in [-0.2, 0) is 0 Å². The van der Waals surface area contributed by atoms with Crippen molar-refractivity contribution in [3.05, 3.63) is 70.9 Å². The zero-order valence-corrected chi connectivity index (χ0v) is 16.5. The Morgan fingerprint density at radius 2 is 1.75 bits per heavy atom. The van der Waals surface area contributed by atoms with E-state index in [1.807, 2.05) is 27.1 Å². The van der Waals surface area contributed by atoms with Gasteiger partial charge in [0.15, 0.2) is 5.82 Å². The fourth-order valence-corrected chi connectivity index (χ4v) is 3.29. The van der Waals surface area contributed by atoms with Gasteiger partial charge < -0.3 is 10.6 Å². The van der Waals surface area contributed by atoms with Crippen molar-refractivity contribution in [2.24, 2.45) is 0 Å². The molecule has 0 radical (unpaired) electrons. The molecule has 138 valence electrons. The number of hydrogen-bond acceptors (Lipinski definition) is 4. The molecule has 4 heteroatoms. The lowest BCUT2D eigenvalue weighted by Gasteiger charge is -2.13. The second kappa shape index (κ2) is 6.86. The Morgan fingerprint density at radius 3 is 2.50 bits per heavy atom. The number of aromatic nitrogens is 2. The molecule has 0 amide bonds. The van der Waals surface area contributed by atoms with E-state index in [2.05, 4.69) is 70.0 Å². The third-order valence-corrected chi connectivity index (χ3v) is 4.88. The summed E-state index contributed by atoms with van der Waals surface area (Å²) in [4.78, 5) is 11.1. The van der Waals surface area contributed by atoms with Crippen LogP contribution in [0.1, 0.15) is 22.3 Å². The summed E-state index contributed by atoms with van der Waals surface area (Å²) in [5.74, 6) is 6.97. The van der Waals surface area contributed by atoms with Crippen LogP contribution in [0.2, 0.25) is 0 Å². The SMILES string of the molecule is Cc1ccc2c(c1)nc(N)c1ncc(C#Cc3ccc(N(C)C)cc3C)cc12. The lowest BCUT2D eigenvalue weighted by atomic mass is 10.0. The van der Waals surface area contributed by atoms with Gasteiger partial charge in [0, 0.05) is 47.9 Å². The average Bonchev–Trinajstić information content (AvgIpc) is 2.66. The Labute approximate surface area is 165 Å². The van der Waals surface area contributed by atoms with Gasteiger partial charge in [0.1, 0.15) is 5.52 Å². The molecule has 0 aliphatic heterocycles. The van der Waals surface area contributed by atoms with E-state index in [1.165, 1.54) is 5.69 Å². The fourth-order valence-electron chi connectivity index (χ4n) is 3.29. The molecule has 0 aliphatic rings. The van der Waals surface area contributed by atoms with Crippen LogP contribution in [0.3, 0.4) is 0 Å². The van der Waals surface area contributed by atoms with E-state index in [0.29, 0.717) is 11.3 Å². The van der Waals surface area contributed by atoms with Gasteiger partial charge in [-0.15, -0.1) is 0 Å².